The number of methoxy groups -OCH3 is 1. The third-order valence-electron chi connectivity index (χ3n) is 2.34. The molecule has 0 heterocycles. The lowest BCUT2D eigenvalue weighted by Crippen LogP contribution is -2.23. The zero-order valence-corrected chi connectivity index (χ0v) is 11.6. The highest BCUT2D eigenvalue weighted by Gasteiger charge is 2.27. The molecule has 0 radical (unpaired) electrons. The number of rotatable bonds is 7. The summed E-state index contributed by atoms with van der Waals surface area (Å²) in [6, 6.07) is 7.11. The summed E-state index contributed by atoms with van der Waals surface area (Å²) in [6.07, 6.45) is -3.94. The van der Waals surface area contributed by atoms with E-state index < -0.39 is 12.8 Å². The first kappa shape index (κ1) is 17.1. The molecule has 21 heavy (non-hydrogen) atoms. The molecule has 3 N–H and O–H groups in total. The minimum absolute atomic E-state index is 0.0184. The van der Waals surface area contributed by atoms with Gasteiger partial charge in [0.2, 0.25) is 0 Å². The molecule has 1 rings (SSSR count). The predicted octanol–water partition coefficient (Wildman–Crippen LogP) is 2.39. The van der Waals surface area contributed by atoms with E-state index in [0.29, 0.717) is 17.9 Å². The summed E-state index contributed by atoms with van der Waals surface area (Å²) < 4.78 is 44.9. The van der Waals surface area contributed by atoms with Crippen LogP contribution in [0.2, 0.25) is 0 Å². The fourth-order valence-corrected chi connectivity index (χ4v) is 1.44. The first-order chi connectivity index (χ1) is 9.90. The Labute approximate surface area is 120 Å². The molecule has 0 unspecified atom stereocenters. The van der Waals surface area contributed by atoms with E-state index in [1.807, 2.05) is 0 Å². The number of halogens is 3. The first-order valence-corrected chi connectivity index (χ1v) is 6.26. The molecule has 0 bridgehead atoms. The summed E-state index contributed by atoms with van der Waals surface area (Å²) in [5, 5.41) is 2.86. The van der Waals surface area contributed by atoms with Crippen molar-refractivity contribution in [3.8, 4) is 5.75 Å². The molecule has 1 aromatic carbocycles. The molecular formula is C13H18F3N3O2. The van der Waals surface area contributed by atoms with Gasteiger partial charge in [-0.15, -0.1) is 0 Å². The molecule has 0 saturated carbocycles. The van der Waals surface area contributed by atoms with Crippen molar-refractivity contribution in [3.63, 3.8) is 0 Å². The van der Waals surface area contributed by atoms with Crippen molar-refractivity contribution in [3.05, 3.63) is 24.3 Å². The average Bonchev–Trinajstić information content (AvgIpc) is 2.41. The molecular weight excluding hydrogens is 287 g/mol. The second kappa shape index (κ2) is 8.35. The van der Waals surface area contributed by atoms with Crippen LogP contribution >= 0.6 is 0 Å². The quantitative estimate of drug-likeness (QED) is 0.461. The van der Waals surface area contributed by atoms with Crippen LogP contribution in [0.25, 0.3) is 0 Å². The van der Waals surface area contributed by atoms with Gasteiger partial charge in [0.05, 0.1) is 7.11 Å². The molecule has 0 aromatic heterocycles. The van der Waals surface area contributed by atoms with Gasteiger partial charge in [-0.05, 0) is 18.6 Å². The summed E-state index contributed by atoms with van der Waals surface area (Å²) in [5.74, 6) is 0.854. The van der Waals surface area contributed by atoms with Gasteiger partial charge in [-0.25, -0.2) is 0 Å². The van der Waals surface area contributed by atoms with E-state index in [-0.39, 0.29) is 19.1 Å². The minimum atomic E-state index is -4.30. The Balaban J connectivity index is 2.27. The third kappa shape index (κ3) is 8.03. The Kier molecular flexibility index (Phi) is 6.80. The highest BCUT2D eigenvalue weighted by Crippen LogP contribution is 2.16. The smallest absolute Gasteiger partial charge is 0.411 e. The average molecular weight is 305 g/mol. The van der Waals surface area contributed by atoms with Gasteiger partial charge in [0, 0.05) is 24.9 Å². The molecule has 8 heteroatoms. The van der Waals surface area contributed by atoms with E-state index in [1.165, 1.54) is 0 Å². The molecule has 0 aliphatic carbocycles. The van der Waals surface area contributed by atoms with Crippen LogP contribution in [0, 0.1) is 0 Å². The van der Waals surface area contributed by atoms with E-state index >= 15 is 0 Å². The van der Waals surface area contributed by atoms with Gasteiger partial charge in [0.15, 0.2) is 5.96 Å². The highest BCUT2D eigenvalue weighted by atomic mass is 19.4. The van der Waals surface area contributed by atoms with Gasteiger partial charge >= 0.3 is 6.18 Å². The van der Waals surface area contributed by atoms with Gasteiger partial charge in [-0.1, -0.05) is 6.07 Å². The number of hydrogen-bond acceptors (Lipinski definition) is 3. The zero-order chi connectivity index (χ0) is 15.7. The van der Waals surface area contributed by atoms with Gasteiger partial charge in [0.1, 0.15) is 12.4 Å². The first-order valence-electron chi connectivity index (χ1n) is 6.26. The zero-order valence-electron chi connectivity index (χ0n) is 11.6. The topological polar surface area (TPSA) is 68.9 Å². The predicted molar refractivity (Wildman–Crippen MR) is 74.6 cm³/mol. The molecule has 0 aliphatic heterocycles. The van der Waals surface area contributed by atoms with Crippen molar-refractivity contribution in [2.45, 2.75) is 12.6 Å². The van der Waals surface area contributed by atoms with Gasteiger partial charge < -0.3 is 20.5 Å². The Morgan fingerprint density at radius 3 is 2.81 bits per heavy atom. The van der Waals surface area contributed by atoms with Crippen LogP contribution in [-0.4, -0.2) is 39.0 Å². The molecule has 0 atom stereocenters. The van der Waals surface area contributed by atoms with Crippen LogP contribution in [-0.2, 0) is 4.74 Å². The minimum Gasteiger partial charge on any atom is -0.497 e. The Bertz CT molecular complexity index is 464. The summed E-state index contributed by atoms with van der Waals surface area (Å²) >= 11 is 0. The van der Waals surface area contributed by atoms with E-state index in [4.69, 9.17) is 10.5 Å². The second-order valence-electron chi connectivity index (χ2n) is 4.15. The van der Waals surface area contributed by atoms with E-state index in [2.05, 4.69) is 15.0 Å². The summed E-state index contributed by atoms with van der Waals surface area (Å²) in [4.78, 5) is 3.99. The van der Waals surface area contributed by atoms with E-state index in [0.717, 1.165) is 0 Å². The largest absolute Gasteiger partial charge is 0.497 e. The highest BCUT2D eigenvalue weighted by molar-refractivity contribution is 5.92. The normalized spacial score (nSPS) is 12.3. The summed E-state index contributed by atoms with van der Waals surface area (Å²) in [6.45, 7) is -0.982. The molecule has 5 nitrogen and oxygen atoms in total. The van der Waals surface area contributed by atoms with Crippen LogP contribution in [0.1, 0.15) is 6.42 Å². The Hall–Kier alpha value is -1.96. The number of alkyl halides is 3. The maximum atomic E-state index is 11.8. The molecule has 0 aliphatic rings. The van der Waals surface area contributed by atoms with Crippen LogP contribution in [0.3, 0.4) is 0 Å². The standard InChI is InChI=1S/C13H18F3N3O2/c1-20-11-5-2-4-10(8-11)19-12(17)18-6-3-7-21-9-13(14,15)16/h2,4-5,8H,3,6-7,9H2,1H3,(H3,17,18,19). The maximum Gasteiger partial charge on any atom is 0.411 e. The van der Waals surface area contributed by atoms with Crippen LogP contribution in [0.4, 0.5) is 18.9 Å². The number of guanidine groups is 1. The number of anilines is 1. The number of nitrogens with one attached hydrogen (secondary N) is 1. The number of ether oxygens (including phenoxy) is 2. The maximum absolute atomic E-state index is 11.8. The molecule has 0 saturated heterocycles. The number of nitrogens with two attached hydrogens (primary N) is 1. The van der Waals surface area contributed by atoms with Crippen LogP contribution in [0.15, 0.2) is 29.3 Å². The monoisotopic (exact) mass is 305 g/mol. The lowest BCUT2D eigenvalue weighted by Gasteiger charge is -2.08. The fourth-order valence-electron chi connectivity index (χ4n) is 1.44. The lowest BCUT2D eigenvalue weighted by atomic mass is 10.3. The van der Waals surface area contributed by atoms with Crippen LogP contribution < -0.4 is 15.8 Å². The molecule has 0 spiro atoms. The van der Waals surface area contributed by atoms with Crippen molar-refractivity contribution in [2.24, 2.45) is 10.7 Å². The van der Waals surface area contributed by atoms with Crippen molar-refractivity contribution in [2.75, 3.05) is 32.2 Å². The molecule has 118 valence electrons. The van der Waals surface area contributed by atoms with Gasteiger partial charge in [-0.3, -0.25) is 4.99 Å². The number of hydrogen-bond donors (Lipinski definition) is 2. The van der Waals surface area contributed by atoms with E-state index in [9.17, 15) is 13.2 Å². The van der Waals surface area contributed by atoms with Crippen LogP contribution in [0.5, 0.6) is 5.75 Å². The summed E-state index contributed by atoms with van der Waals surface area (Å²) in [7, 11) is 1.55. The van der Waals surface area contributed by atoms with Crippen molar-refractivity contribution < 1.29 is 22.6 Å². The fraction of sp³-hybridized carbons (Fsp3) is 0.462. The number of aliphatic imine (C=N–C) groups is 1. The van der Waals surface area contributed by atoms with Crippen molar-refractivity contribution >= 4 is 11.6 Å². The van der Waals surface area contributed by atoms with Gasteiger partial charge in [-0.2, -0.15) is 13.2 Å². The molecule has 1 aromatic rings. The van der Waals surface area contributed by atoms with Gasteiger partial charge in [0.25, 0.3) is 0 Å². The SMILES string of the molecule is COc1cccc(NC(N)=NCCCOCC(F)(F)F)c1. The van der Waals surface area contributed by atoms with Crippen molar-refractivity contribution in [1.82, 2.24) is 0 Å². The molecule has 0 amide bonds. The Morgan fingerprint density at radius 1 is 1.38 bits per heavy atom. The lowest BCUT2D eigenvalue weighted by molar-refractivity contribution is -0.173. The Morgan fingerprint density at radius 2 is 2.14 bits per heavy atom. The summed E-state index contributed by atoms with van der Waals surface area (Å²) in [5.41, 5.74) is 6.37. The third-order valence-corrected chi connectivity index (χ3v) is 2.34. The number of nitrogens with zero attached hydrogens (tertiary/aromatic N) is 1. The second-order valence-corrected chi connectivity index (χ2v) is 4.15. The molecule has 0 fully saturated rings. The van der Waals surface area contributed by atoms with Crippen molar-refractivity contribution in [1.29, 1.82) is 0 Å². The number of benzene rings is 1. The van der Waals surface area contributed by atoms with E-state index in [1.54, 1.807) is 31.4 Å².